The molecule has 1 radical (unpaired) electrons. The quantitative estimate of drug-likeness (QED) is 0.783. The van der Waals surface area contributed by atoms with E-state index in [-0.39, 0.29) is 23.7 Å². The van der Waals surface area contributed by atoms with Crippen LogP contribution >= 0.6 is 0 Å². The Morgan fingerprint density at radius 3 is 2.33 bits per heavy atom. The monoisotopic (exact) mass is 291 g/mol. The molecule has 0 atom stereocenters. The van der Waals surface area contributed by atoms with Crippen LogP contribution < -0.4 is 5.46 Å². The number of rotatable bonds is 5. The molecular weight excluding hydrogens is 263 g/mol. The van der Waals surface area contributed by atoms with E-state index < -0.39 is 0 Å². The molecule has 5 heteroatoms. The van der Waals surface area contributed by atoms with Crippen molar-refractivity contribution in [1.82, 2.24) is 9.78 Å². The van der Waals surface area contributed by atoms with Gasteiger partial charge in [0, 0.05) is 24.4 Å². The van der Waals surface area contributed by atoms with Crippen molar-refractivity contribution < 1.29 is 9.31 Å². The highest BCUT2D eigenvalue weighted by Gasteiger charge is 2.52. The summed E-state index contributed by atoms with van der Waals surface area (Å²) in [5.41, 5.74) is 0.574. The van der Waals surface area contributed by atoms with E-state index in [0.717, 1.165) is 18.4 Å². The lowest BCUT2D eigenvalue weighted by molar-refractivity contribution is 0.00578. The third-order valence-corrected chi connectivity index (χ3v) is 4.53. The minimum atomic E-state index is -0.329. The molecule has 1 aliphatic heterocycles. The summed E-state index contributed by atoms with van der Waals surface area (Å²) in [6, 6.07) is 0. The molecule has 0 amide bonds. The molecule has 1 fully saturated rings. The summed E-state index contributed by atoms with van der Waals surface area (Å²) < 4.78 is 14.1. The predicted octanol–water partition coefficient (Wildman–Crippen LogP) is 2.82. The van der Waals surface area contributed by atoms with Gasteiger partial charge in [0.05, 0.1) is 11.2 Å². The Morgan fingerprint density at radius 1 is 1.24 bits per heavy atom. The van der Waals surface area contributed by atoms with Crippen molar-refractivity contribution in [2.75, 3.05) is 0 Å². The van der Waals surface area contributed by atoms with Crippen LogP contribution in [0.5, 0.6) is 0 Å². The Balaban J connectivity index is 2.08. The van der Waals surface area contributed by atoms with E-state index in [1.165, 1.54) is 0 Å². The van der Waals surface area contributed by atoms with E-state index in [4.69, 9.17) is 9.31 Å². The summed E-state index contributed by atoms with van der Waals surface area (Å²) in [6.45, 7) is 15.8. The zero-order chi connectivity index (χ0) is 15.9. The highest BCUT2D eigenvalue weighted by Crippen LogP contribution is 2.36. The maximum absolute atomic E-state index is 6.06. The third kappa shape index (κ3) is 3.51. The van der Waals surface area contributed by atoms with Crippen LogP contribution in [0.2, 0.25) is 0 Å². The zero-order valence-corrected chi connectivity index (χ0v) is 14.4. The molecule has 0 saturated carbocycles. The normalized spacial score (nSPS) is 21.0. The highest BCUT2D eigenvalue weighted by atomic mass is 16.7. The summed E-state index contributed by atoms with van der Waals surface area (Å²) in [5.74, 6) is 0. The topological polar surface area (TPSA) is 36.3 Å². The summed E-state index contributed by atoms with van der Waals surface area (Å²) in [7, 11) is -0.329. The van der Waals surface area contributed by atoms with Gasteiger partial charge in [-0.2, -0.15) is 5.10 Å². The van der Waals surface area contributed by atoms with Crippen molar-refractivity contribution in [3.05, 3.63) is 18.8 Å². The molecule has 0 unspecified atom stereocenters. The molecule has 117 valence electrons. The molecule has 0 aliphatic carbocycles. The number of hydrogen-bond acceptors (Lipinski definition) is 3. The van der Waals surface area contributed by atoms with Gasteiger partial charge in [-0.1, -0.05) is 20.8 Å². The SMILES string of the molecule is C[CH]CC(C)(C)Cn1cc(B2OC(C)(C)C(C)(C)O2)cn1. The van der Waals surface area contributed by atoms with Gasteiger partial charge in [0.25, 0.3) is 0 Å². The highest BCUT2D eigenvalue weighted by molar-refractivity contribution is 6.61. The van der Waals surface area contributed by atoms with Crippen molar-refractivity contribution in [3.63, 3.8) is 0 Å². The van der Waals surface area contributed by atoms with Crippen LogP contribution in [-0.2, 0) is 15.9 Å². The molecule has 21 heavy (non-hydrogen) atoms. The fraction of sp³-hybridized carbons (Fsp3) is 0.750. The van der Waals surface area contributed by atoms with E-state index in [1.54, 1.807) is 0 Å². The van der Waals surface area contributed by atoms with Gasteiger partial charge in [-0.15, -0.1) is 0 Å². The Bertz CT molecular complexity index is 478. The van der Waals surface area contributed by atoms with Crippen LogP contribution in [0.15, 0.2) is 12.4 Å². The van der Waals surface area contributed by atoms with E-state index in [2.05, 4.69) is 60.0 Å². The first kappa shape index (κ1) is 16.6. The van der Waals surface area contributed by atoms with Crippen LogP contribution in [-0.4, -0.2) is 28.1 Å². The van der Waals surface area contributed by atoms with Gasteiger partial charge in [-0.25, -0.2) is 0 Å². The first-order valence-electron chi connectivity index (χ1n) is 7.72. The molecule has 1 aromatic rings. The second kappa shape index (κ2) is 5.43. The fourth-order valence-corrected chi connectivity index (χ4v) is 2.62. The predicted molar refractivity (Wildman–Crippen MR) is 86.3 cm³/mol. The lowest BCUT2D eigenvalue weighted by atomic mass is 9.82. The molecular formula is C16H28BN2O2. The zero-order valence-electron chi connectivity index (χ0n) is 14.4. The van der Waals surface area contributed by atoms with Gasteiger partial charge in [-0.05, 0) is 46.0 Å². The number of aromatic nitrogens is 2. The first-order valence-corrected chi connectivity index (χ1v) is 7.72. The maximum atomic E-state index is 6.06. The summed E-state index contributed by atoms with van der Waals surface area (Å²) in [5, 5.41) is 4.47. The number of nitrogens with zero attached hydrogens (tertiary/aromatic N) is 2. The minimum absolute atomic E-state index is 0.202. The second-order valence-electron chi connectivity index (χ2n) is 7.84. The van der Waals surface area contributed by atoms with Gasteiger partial charge in [0.15, 0.2) is 0 Å². The summed E-state index contributed by atoms with van der Waals surface area (Å²) >= 11 is 0. The molecule has 2 heterocycles. The molecule has 0 bridgehead atoms. The van der Waals surface area contributed by atoms with Crippen LogP contribution in [0.4, 0.5) is 0 Å². The molecule has 4 nitrogen and oxygen atoms in total. The van der Waals surface area contributed by atoms with E-state index >= 15 is 0 Å². The summed E-state index contributed by atoms with van der Waals surface area (Å²) in [4.78, 5) is 0. The van der Waals surface area contributed by atoms with Crippen LogP contribution in [0.25, 0.3) is 0 Å². The smallest absolute Gasteiger partial charge is 0.399 e. The van der Waals surface area contributed by atoms with Gasteiger partial charge in [0.2, 0.25) is 0 Å². The fourth-order valence-electron chi connectivity index (χ4n) is 2.62. The van der Waals surface area contributed by atoms with Gasteiger partial charge >= 0.3 is 7.12 Å². The Morgan fingerprint density at radius 2 is 1.81 bits per heavy atom. The van der Waals surface area contributed by atoms with Crippen molar-refractivity contribution in [2.45, 2.75) is 72.6 Å². The molecule has 0 aromatic carbocycles. The Kier molecular flexibility index (Phi) is 4.29. The molecule has 1 aliphatic rings. The van der Waals surface area contributed by atoms with Crippen LogP contribution in [0.1, 0.15) is 54.9 Å². The molecule has 0 N–H and O–H groups in total. The van der Waals surface area contributed by atoms with Crippen LogP contribution in [0, 0.1) is 11.8 Å². The second-order valence-corrected chi connectivity index (χ2v) is 7.84. The van der Waals surface area contributed by atoms with Crippen LogP contribution in [0.3, 0.4) is 0 Å². The maximum Gasteiger partial charge on any atom is 0.498 e. The standard InChI is InChI=1S/C16H28BN2O2/c1-8-9-14(2,3)12-19-11-13(10-18-19)17-20-15(4,5)16(6,7)21-17/h8,10-11H,9,12H2,1-7H3. The lowest BCUT2D eigenvalue weighted by Crippen LogP contribution is -2.41. The average molecular weight is 291 g/mol. The molecule has 0 spiro atoms. The van der Waals surface area contributed by atoms with Crippen molar-refractivity contribution >= 4 is 12.6 Å². The molecule has 2 rings (SSSR count). The summed E-state index contributed by atoms with van der Waals surface area (Å²) in [6.07, 6.45) is 7.17. The van der Waals surface area contributed by atoms with Crippen molar-refractivity contribution in [2.24, 2.45) is 5.41 Å². The lowest BCUT2D eigenvalue weighted by Gasteiger charge is -2.32. The third-order valence-electron chi connectivity index (χ3n) is 4.53. The average Bonchev–Trinajstić information content (AvgIpc) is 2.81. The van der Waals surface area contributed by atoms with Crippen molar-refractivity contribution in [1.29, 1.82) is 0 Å². The van der Waals surface area contributed by atoms with E-state index in [9.17, 15) is 0 Å². The molecule has 1 aromatic heterocycles. The van der Waals surface area contributed by atoms with Gasteiger partial charge < -0.3 is 9.31 Å². The Hall–Kier alpha value is -0.805. The first-order chi connectivity index (χ1) is 9.56. The van der Waals surface area contributed by atoms with E-state index in [0.29, 0.717) is 0 Å². The van der Waals surface area contributed by atoms with Gasteiger partial charge in [0.1, 0.15) is 0 Å². The van der Waals surface area contributed by atoms with Gasteiger partial charge in [-0.3, -0.25) is 4.68 Å². The van der Waals surface area contributed by atoms with Crippen molar-refractivity contribution in [3.8, 4) is 0 Å². The number of hydrogen-bond donors (Lipinski definition) is 0. The molecule has 1 saturated heterocycles. The Labute approximate surface area is 129 Å². The van der Waals surface area contributed by atoms with E-state index in [1.807, 2.05) is 17.1 Å². The minimum Gasteiger partial charge on any atom is -0.399 e. The largest absolute Gasteiger partial charge is 0.498 e.